The Morgan fingerprint density at radius 1 is 0.778 bits per heavy atom. The van der Waals surface area contributed by atoms with Gasteiger partial charge in [0.15, 0.2) is 0 Å². The van der Waals surface area contributed by atoms with Crippen molar-refractivity contribution in [2.24, 2.45) is 22.7 Å². The highest BCUT2D eigenvalue weighted by molar-refractivity contribution is 4.97. The van der Waals surface area contributed by atoms with Crippen molar-refractivity contribution < 1.29 is 0 Å². The molecule has 18 heavy (non-hydrogen) atoms. The molecule has 2 unspecified atom stereocenters. The van der Waals surface area contributed by atoms with Gasteiger partial charge in [-0.3, -0.25) is 0 Å². The Kier molecular flexibility index (Phi) is 4.44. The standard InChI is InChI=1S/C18H34/c1-15(2)16-10-9-13-18(4,14-16)17(3)11-7-5-6-8-12-17/h15-16H,5-14H2,1-4H3. The van der Waals surface area contributed by atoms with Gasteiger partial charge in [0.2, 0.25) is 0 Å². The second-order valence-corrected chi connectivity index (χ2v) is 8.14. The molecule has 2 aliphatic rings. The average molecular weight is 250 g/mol. The predicted octanol–water partition coefficient (Wildman–Crippen LogP) is 6.20. The summed E-state index contributed by atoms with van der Waals surface area (Å²) in [5, 5.41) is 0. The van der Waals surface area contributed by atoms with E-state index in [4.69, 9.17) is 0 Å². The number of hydrogen-bond donors (Lipinski definition) is 0. The molecule has 0 radical (unpaired) electrons. The van der Waals surface area contributed by atoms with Crippen LogP contribution in [-0.2, 0) is 0 Å². The van der Waals surface area contributed by atoms with E-state index in [9.17, 15) is 0 Å². The summed E-state index contributed by atoms with van der Waals surface area (Å²) in [6.07, 6.45) is 14.9. The first kappa shape index (κ1) is 14.4. The topological polar surface area (TPSA) is 0 Å². The summed E-state index contributed by atoms with van der Waals surface area (Å²) in [6, 6.07) is 0. The smallest absolute Gasteiger partial charge is 0.0269 e. The Morgan fingerprint density at radius 3 is 1.89 bits per heavy atom. The molecule has 0 aromatic carbocycles. The zero-order valence-corrected chi connectivity index (χ0v) is 13.2. The van der Waals surface area contributed by atoms with E-state index in [-0.39, 0.29) is 0 Å². The lowest BCUT2D eigenvalue weighted by atomic mass is 9.53. The van der Waals surface area contributed by atoms with Crippen LogP contribution in [0.25, 0.3) is 0 Å². The first-order chi connectivity index (χ1) is 8.47. The van der Waals surface area contributed by atoms with Gasteiger partial charge in [-0.1, -0.05) is 66.2 Å². The van der Waals surface area contributed by atoms with E-state index in [0.717, 1.165) is 11.8 Å². The summed E-state index contributed by atoms with van der Waals surface area (Å²) < 4.78 is 0. The van der Waals surface area contributed by atoms with Gasteiger partial charge in [0, 0.05) is 0 Å². The van der Waals surface area contributed by atoms with E-state index < -0.39 is 0 Å². The van der Waals surface area contributed by atoms with Gasteiger partial charge >= 0.3 is 0 Å². The van der Waals surface area contributed by atoms with Crippen LogP contribution in [0.15, 0.2) is 0 Å². The normalized spacial score (nSPS) is 37.5. The molecule has 2 saturated carbocycles. The van der Waals surface area contributed by atoms with E-state index in [1.54, 1.807) is 0 Å². The molecule has 0 bridgehead atoms. The molecule has 0 aromatic heterocycles. The van der Waals surface area contributed by atoms with E-state index in [1.807, 2.05) is 0 Å². The maximum atomic E-state index is 2.63. The predicted molar refractivity (Wildman–Crippen MR) is 80.7 cm³/mol. The number of rotatable bonds is 2. The van der Waals surface area contributed by atoms with Crippen LogP contribution < -0.4 is 0 Å². The lowest BCUT2D eigenvalue weighted by molar-refractivity contribution is -0.0151. The molecule has 0 aliphatic heterocycles. The molecule has 2 aliphatic carbocycles. The fourth-order valence-electron chi connectivity index (χ4n) is 4.77. The van der Waals surface area contributed by atoms with Gasteiger partial charge in [-0.25, -0.2) is 0 Å². The maximum absolute atomic E-state index is 2.63. The summed E-state index contributed by atoms with van der Waals surface area (Å²) in [4.78, 5) is 0. The molecule has 0 nitrogen and oxygen atoms in total. The fourth-order valence-corrected chi connectivity index (χ4v) is 4.77. The van der Waals surface area contributed by atoms with Crippen molar-refractivity contribution in [3.63, 3.8) is 0 Å². The highest BCUT2D eigenvalue weighted by atomic mass is 14.5. The second-order valence-electron chi connectivity index (χ2n) is 8.14. The molecule has 0 saturated heterocycles. The van der Waals surface area contributed by atoms with Crippen molar-refractivity contribution in [1.29, 1.82) is 0 Å². The molecule has 0 N–H and O–H groups in total. The Labute approximate surface area is 115 Å². The fraction of sp³-hybridized carbons (Fsp3) is 1.00. The number of hydrogen-bond acceptors (Lipinski definition) is 0. The van der Waals surface area contributed by atoms with Crippen LogP contribution in [0, 0.1) is 22.7 Å². The quantitative estimate of drug-likeness (QED) is 0.512. The minimum atomic E-state index is 0.629. The van der Waals surface area contributed by atoms with Gasteiger partial charge in [0.1, 0.15) is 0 Å². The Balaban J connectivity index is 2.12. The maximum Gasteiger partial charge on any atom is -0.0269 e. The van der Waals surface area contributed by atoms with E-state index in [0.29, 0.717) is 10.8 Å². The molecule has 0 aromatic rings. The van der Waals surface area contributed by atoms with Gasteiger partial charge in [0.25, 0.3) is 0 Å². The zero-order valence-electron chi connectivity index (χ0n) is 13.2. The van der Waals surface area contributed by atoms with Gasteiger partial charge in [0.05, 0.1) is 0 Å². The van der Waals surface area contributed by atoms with Crippen molar-refractivity contribution in [2.45, 2.75) is 91.9 Å². The Bertz CT molecular complexity index is 257. The third-order valence-corrected chi connectivity index (χ3v) is 6.62. The lowest BCUT2D eigenvalue weighted by Crippen LogP contribution is -2.42. The SMILES string of the molecule is CC(C)C1CCCC(C)(C2(C)CCCCCC2)C1. The van der Waals surface area contributed by atoms with Crippen molar-refractivity contribution in [2.75, 3.05) is 0 Å². The van der Waals surface area contributed by atoms with Crippen molar-refractivity contribution in [3.8, 4) is 0 Å². The van der Waals surface area contributed by atoms with Crippen molar-refractivity contribution in [3.05, 3.63) is 0 Å². The Hall–Kier alpha value is 0. The third-order valence-electron chi connectivity index (χ3n) is 6.62. The second kappa shape index (κ2) is 5.55. The summed E-state index contributed by atoms with van der Waals surface area (Å²) in [6.45, 7) is 10.1. The monoisotopic (exact) mass is 250 g/mol. The van der Waals surface area contributed by atoms with Gasteiger partial charge in [-0.05, 0) is 48.3 Å². The minimum absolute atomic E-state index is 0.629. The van der Waals surface area contributed by atoms with Crippen LogP contribution in [0.4, 0.5) is 0 Å². The van der Waals surface area contributed by atoms with Crippen LogP contribution >= 0.6 is 0 Å². The molecular weight excluding hydrogens is 216 g/mol. The highest BCUT2D eigenvalue weighted by Crippen LogP contribution is 2.57. The molecule has 2 rings (SSSR count). The van der Waals surface area contributed by atoms with E-state index in [1.165, 1.54) is 64.2 Å². The zero-order chi connectivity index (χ0) is 13.2. The summed E-state index contributed by atoms with van der Waals surface area (Å²) in [5.41, 5.74) is 1.27. The van der Waals surface area contributed by atoms with Gasteiger partial charge in [-0.15, -0.1) is 0 Å². The highest BCUT2D eigenvalue weighted by Gasteiger charge is 2.46. The first-order valence-corrected chi connectivity index (χ1v) is 8.47. The summed E-state index contributed by atoms with van der Waals surface area (Å²) >= 11 is 0. The van der Waals surface area contributed by atoms with Gasteiger partial charge < -0.3 is 0 Å². The average Bonchev–Trinajstić information content (AvgIpc) is 2.55. The third kappa shape index (κ3) is 2.78. The van der Waals surface area contributed by atoms with Crippen LogP contribution in [0.5, 0.6) is 0 Å². The first-order valence-electron chi connectivity index (χ1n) is 8.47. The van der Waals surface area contributed by atoms with Crippen LogP contribution in [0.2, 0.25) is 0 Å². The van der Waals surface area contributed by atoms with Crippen LogP contribution in [0.1, 0.15) is 91.9 Å². The molecule has 0 spiro atoms. The lowest BCUT2D eigenvalue weighted by Gasteiger charge is -2.52. The molecule has 0 heterocycles. The van der Waals surface area contributed by atoms with E-state index in [2.05, 4.69) is 27.7 Å². The van der Waals surface area contributed by atoms with Crippen LogP contribution in [0.3, 0.4) is 0 Å². The van der Waals surface area contributed by atoms with Crippen LogP contribution in [-0.4, -0.2) is 0 Å². The summed E-state index contributed by atoms with van der Waals surface area (Å²) in [5.74, 6) is 1.88. The summed E-state index contributed by atoms with van der Waals surface area (Å²) in [7, 11) is 0. The van der Waals surface area contributed by atoms with Crippen molar-refractivity contribution in [1.82, 2.24) is 0 Å². The van der Waals surface area contributed by atoms with Gasteiger partial charge in [-0.2, -0.15) is 0 Å². The molecular formula is C18H34. The Morgan fingerprint density at radius 2 is 1.33 bits per heavy atom. The molecule has 106 valence electrons. The largest absolute Gasteiger partial charge is 0.0625 e. The molecule has 2 fully saturated rings. The van der Waals surface area contributed by atoms with Crippen molar-refractivity contribution >= 4 is 0 Å². The molecule has 0 heteroatoms. The molecule has 2 atom stereocenters. The minimum Gasteiger partial charge on any atom is -0.0625 e. The molecule has 0 amide bonds. The van der Waals surface area contributed by atoms with E-state index >= 15 is 0 Å².